The number of nitrogens with one attached hydrogen (secondary N) is 2. The highest BCUT2D eigenvalue weighted by Gasteiger charge is 2.15. The number of carbonyl (C=O) groups is 2. The molecule has 30 heavy (non-hydrogen) atoms. The van der Waals surface area contributed by atoms with Crippen LogP contribution in [0, 0.1) is 6.92 Å². The first kappa shape index (κ1) is 20.1. The van der Waals surface area contributed by atoms with Gasteiger partial charge in [0.25, 0.3) is 5.91 Å². The second-order valence-electron chi connectivity index (χ2n) is 6.85. The van der Waals surface area contributed by atoms with E-state index in [-0.39, 0.29) is 17.4 Å². The third kappa shape index (κ3) is 4.20. The number of aryl methyl sites for hydroxylation is 1. The zero-order valence-corrected chi connectivity index (χ0v) is 17.9. The molecule has 4 aromatic rings. The molecule has 1 aromatic heterocycles. The highest BCUT2D eigenvalue weighted by molar-refractivity contribution is 7.21. The summed E-state index contributed by atoms with van der Waals surface area (Å²) in [6, 6.07) is 18.6. The molecule has 7 heteroatoms. The predicted octanol–water partition coefficient (Wildman–Crippen LogP) is 6.14. The largest absolute Gasteiger partial charge is 0.326 e. The fourth-order valence-corrected chi connectivity index (χ4v) is 4.22. The van der Waals surface area contributed by atoms with Crippen molar-refractivity contribution < 1.29 is 9.59 Å². The van der Waals surface area contributed by atoms with Crippen LogP contribution >= 0.6 is 22.9 Å². The maximum absolute atomic E-state index is 12.9. The van der Waals surface area contributed by atoms with Crippen molar-refractivity contribution in [3.05, 3.63) is 76.8 Å². The van der Waals surface area contributed by atoms with Crippen molar-refractivity contribution in [2.75, 3.05) is 10.6 Å². The lowest BCUT2D eigenvalue weighted by Crippen LogP contribution is -2.14. The third-order valence-corrected chi connectivity index (χ3v) is 5.97. The highest BCUT2D eigenvalue weighted by Crippen LogP contribution is 2.32. The fraction of sp³-hybridized carbons (Fsp3) is 0.0870. The monoisotopic (exact) mass is 435 g/mol. The van der Waals surface area contributed by atoms with Crippen LogP contribution < -0.4 is 10.6 Å². The highest BCUT2D eigenvalue weighted by atomic mass is 35.5. The molecule has 0 radical (unpaired) electrons. The molecule has 0 spiro atoms. The van der Waals surface area contributed by atoms with E-state index in [1.807, 2.05) is 49.4 Å². The topological polar surface area (TPSA) is 71.1 Å². The molecule has 0 fully saturated rings. The number of fused-ring (bicyclic) bond motifs is 1. The van der Waals surface area contributed by atoms with Gasteiger partial charge in [0.1, 0.15) is 5.01 Å². The summed E-state index contributed by atoms with van der Waals surface area (Å²) in [7, 11) is 0. The molecule has 1 heterocycles. The predicted molar refractivity (Wildman–Crippen MR) is 124 cm³/mol. The lowest BCUT2D eigenvalue weighted by Gasteiger charge is -2.12. The van der Waals surface area contributed by atoms with E-state index in [4.69, 9.17) is 11.6 Å². The number of benzene rings is 3. The first-order valence-corrected chi connectivity index (χ1v) is 10.5. The summed E-state index contributed by atoms with van der Waals surface area (Å²) in [6.45, 7) is 3.33. The van der Waals surface area contributed by atoms with Crippen LogP contribution in [0.1, 0.15) is 22.8 Å². The van der Waals surface area contributed by atoms with Crippen molar-refractivity contribution in [2.24, 2.45) is 0 Å². The molecular formula is C23H18ClN3O2S. The van der Waals surface area contributed by atoms with Crippen LogP contribution in [0.3, 0.4) is 0 Å². The zero-order valence-electron chi connectivity index (χ0n) is 16.3. The molecule has 2 N–H and O–H groups in total. The number of hydrogen-bond donors (Lipinski definition) is 2. The number of anilines is 2. The van der Waals surface area contributed by atoms with Crippen molar-refractivity contribution in [2.45, 2.75) is 13.8 Å². The lowest BCUT2D eigenvalue weighted by molar-refractivity contribution is -0.114. The van der Waals surface area contributed by atoms with E-state index in [1.165, 1.54) is 6.92 Å². The Kier molecular flexibility index (Phi) is 5.53. The minimum Gasteiger partial charge on any atom is -0.326 e. The van der Waals surface area contributed by atoms with Crippen LogP contribution in [-0.2, 0) is 4.79 Å². The molecule has 0 unspecified atom stereocenters. The standard InChI is InChI=1S/C23H18ClN3O2S/c1-13-7-8-15(23-27-19-5-3-4-6-21(19)30-23)11-20(13)26-22(29)17-12-16(25-14(2)28)9-10-18(17)24/h3-12H,1-2H3,(H,25,28)(H,26,29). The Bertz CT molecular complexity index is 1250. The summed E-state index contributed by atoms with van der Waals surface area (Å²) >= 11 is 7.83. The second-order valence-corrected chi connectivity index (χ2v) is 8.28. The normalized spacial score (nSPS) is 10.8. The van der Waals surface area contributed by atoms with E-state index >= 15 is 0 Å². The molecule has 0 bridgehead atoms. The molecule has 0 aliphatic rings. The first-order valence-electron chi connectivity index (χ1n) is 9.26. The van der Waals surface area contributed by atoms with E-state index in [0.717, 1.165) is 26.4 Å². The summed E-state index contributed by atoms with van der Waals surface area (Å²) in [5.41, 5.74) is 4.27. The minimum atomic E-state index is -0.350. The smallest absolute Gasteiger partial charge is 0.257 e. The van der Waals surface area contributed by atoms with Gasteiger partial charge in [-0.2, -0.15) is 0 Å². The number of para-hydroxylation sites is 1. The van der Waals surface area contributed by atoms with Crippen molar-refractivity contribution in [3.8, 4) is 10.6 Å². The van der Waals surface area contributed by atoms with Crippen LogP contribution in [0.15, 0.2) is 60.7 Å². The molecule has 0 aliphatic carbocycles. The van der Waals surface area contributed by atoms with Gasteiger partial charge >= 0.3 is 0 Å². The van der Waals surface area contributed by atoms with E-state index in [9.17, 15) is 9.59 Å². The first-order chi connectivity index (χ1) is 14.4. The Morgan fingerprint density at radius 2 is 1.80 bits per heavy atom. The van der Waals surface area contributed by atoms with Gasteiger partial charge in [-0.3, -0.25) is 9.59 Å². The SMILES string of the molecule is CC(=O)Nc1ccc(Cl)c(C(=O)Nc2cc(-c3nc4ccccc4s3)ccc2C)c1. The van der Waals surface area contributed by atoms with E-state index in [0.29, 0.717) is 16.4 Å². The van der Waals surface area contributed by atoms with Crippen molar-refractivity contribution in [1.82, 2.24) is 4.98 Å². The summed E-state index contributed by atoms with van der Waals surface area (Å²) in [5, 5.41) is 6.79. The van der Waals surface area contributed by atoms with Gasteiger partial charge in [0, 0.05) is 23.9 Å². The van der Waals surface area contributed by atoms with Crippen molar-refractivity contribution >= 4 is 56.3 Å². The van der Waals surface area contributed by atoms with Crippen molar-refractivity contribution in [3.63, 3.8) is 0 Å². The Balaban J connectivity index is 1.64. The van der Waals surface area contributed by atoms with Crippen LogP contribution in [0.5, 0.6) is 0 Å². The number of rotatable bonds is 4. The van der Waals surface area contributed by atoms with Crippen LogP contribution in [-0.4, -0.2) is 16.8 Å². The molecule has 0 saturated carbocycles. The molecule has 0 atom stereocenters. The number of halogens is 1. The van der Waals surface area contributed by atoms with Crippen LogP contribution in [0.25, 0.3) is 20.8 Å². The third-order valence-electron chi connectivity index (χ3n) is 4.56. The Hall–Kier alpha value is -3.22. The van der Waals surface area contributed by atoms with Gasteiger partial charge < -0.3 is 10.6 Å². The van der Waals surface area contributed by atoms with Crippen LogP contribution in [0.4, 0.5) is 11.4 Å². The summed E-state index contributed by atoms with van der Waals surface area (Å²) in [4.78, 5) is 28.9. The number of carbonyl (C=O) groups excluding carboxylic acids is 2. The van der Waals surface area contributed by atoms with Gasteiger partial charge in [-0.1, -0.05) is 35.9 Å². The van der Waals surface area contributed by atoms with E-state index < -0.39 is 0 Å². The number of hydrogen-bond acceptors (Lipinski definition) is 4. The number of thiazole rings is 1. The Morgan fingerprint density at radius 1 is 1.00 bits per heavy atom. The molecule has 0 aliphatic heterocycles. The average molecular weight is 436 g/mol. The molecule has 150 valence electrons. The molecule has 4 rings (SSSR count). The molecule has 2 amide bonds. The second kappa shape index (κ2) is 8.26. The fourth-order valence-electron chi connectivity index (χ4n) is 3.06. The number of aromatic nitrogens is 1. The molecule has 5 nitrogen and oxygen atoms in total. The maximum atomic E-state index is 12.9. The average Bonchev–Trinajstić information content (AvgIpc) is 3.15. The van der Waals surface area contributed by atoms with E-state index in [1.54, 1.807) is 29.5 Å². The van der Waals surface area contributed by atoms with Gasteiger partial charge in [0.2, 0.25) is 5.91 Å². The Morgan fingerprint density at radius 3 is 2.57 bits per heavy atom. The maximum Gasteiger partial charge on any atom is 0.257 e. The minimum absolute atomic E-state index is 0.219. The van der Waals surface area contributed by atoms with Gasteiger partial charge in [0.05, 0.1) is 20.8 Å². The van der Waals surface area contributed by atoms with Gasteiger partial charge in [0.15, 0.2) is 0 Å². The van der Waals surface area contributed by atoms with Crippen LogP contribution in [0.2, 0.25) is 5.02 Å². The van der Waals surface area contributed by atoms with Crippen molar-refractivity contribution in [1.29, 1.82) is 0 Å². The zero-order chi connectivity index (χ0) is 21.3. The summed E-state index contributed by atoms with van der Waals surface area (Å²) in [6.07, 6.45) is 0. The van der Waals surface area contributed by atoms with E-state index in [2.05, 4.69) is 15.6 Å². The molecule has 0 saturated heterocycles. The van der Waals surface area contributed by atoms with Gasteiger partial charge in [-0.25, -0.2) is 4.98 Å². The lowest BCUT2D eigenvalue weighted by atomic mass is 10.1. The Labute approximate surface area is 182 Å². The number of amides is 2. The van der Waals surface area contributed by atoms with Gasteiger partial charge in [-0.05, 0) is 48.9 Å². The molecule has 3 aromatic carbocycles. The molecular weight excluding hydrogens is 418 g/mol. The summed E-state index contributed by atoms with van der Waals surface area (Å²) < 4.78 is 1.11. The summed E-state index contributed by atoms with van der Waals surface area (Å²) in [5.74, 6) is -0.570. The quantitative estimate of drug-likeness (QED) is 0.404. The number of nitrogens with zero attached hydrogens (tertiary/aromatic N) is 1. The van der Waals surface area contributed by atoms with Gasteiger partial charge in [-0.15, -0.1) is 11.3 Å².